The summed E-state index contributed by atoms with van der Waals surface area (Å²) in [5, 5.41) is 4.05. The van der Waals surface area contributed by atoms with E-state index >= 15 is 0 Å². The standard InChI is InChI=1S/C10H6Br2F3N3O/c11-8-16-9(12)18(17-8)5-6-1-3-7(4-2-6)19-10(13,14)15/h1-4H,5H2. The van der Waals surface area contributed by atoms with Crippen LogP contribution in [0.5, 0.6) is 5.75 Å². The molecule has 0 N–H and O–H groups in total. The number of alkyl halides is 3. The van der Waals surface area contributed by atoms with E-state index in [-0.39, 0.29) is 5.75 Å². The first-order chi connectivity index (χ1) is 8.83. The zero-order valence-corrected chi connectivity index (χ0v) is 12.3. The van der Waals surface area contributed by atoms with E-state index in [4.69, 9.17) is 0 Å². The van der Waals surface area contributed by atoms with Crippen LogP contribution in [0, 0.1) is 0 Å². The lowest BCUT2D eigenvalue weighted by atomic mass is 10.2. The normalized spacial score (nSPS) is 11.6. The SMILES string of the molecule is FC(F)(F)Oc1ccc(Cn2nc(Br)nc2Br)cc1. The second-order valence-corrected chi connectivity index (χ2v) is 4.92. The summed E-state index contributed by atoms with van der Waals surface area (Å²) in [6.45, 7) is 0.380. The molecule has 0 amide bonds. The quantitative estimate of drug-likeness (QED) is 0.787. The number of nitrogens with zero attached hydrogens (tertiary/aromatic N) is 3. The average Bonchev–Trinajstić information content (AvgIpc) is 2.58. The van der Waals surface area contributed by atoms with Crippen molar-refractivity contribution in [3.63, 3.8) is 0 Å². The van der Waals surface area contributed by atoms with Gasteiger partial charge >= 0.3 is 6.36 Å². The van der Waals surface area contributed by atoms with Gasteiger partial charge in [-0.05, 0) is 49.6 Å². The lowest BCUT2D eigenvalue weighted by molar-refractivity contribution is -0.274. The van der Waals surface area contributed by atoms with Crippen LogP contribution in [0.15, 0.2) is 33.7 Å². The van der Waals surface area contributed by atoms with Gasteiger partial charge in [-0.25, -0.2) is 4.68 Å². The number of benzene rings is 1. The number of rotatable bonds is 3. The zero-order valence-electron chi connectivity index (χ0n) is 9.16. The number of hydrogen-bond acceptors (Lipinski definition) is 3. The molecular weight excluding hydrogens is 395 g/mol. The van der Waals surface area contributed by atoms with E-state index in [0.29, 0.717) is 16.0 Å². The molecule has 1 aromatic carbocycles. The van der Waals surface area contributed by atoms with Crippen molar-refractivity contribution >= 4 is 31.9 Å². The van der Waals surface area contributed by atoms with Crippen molar-refractivity contribution in [2.24, 2.45) is 0 Å². The van der Waals surface area contributed by atoms with Crippen LogP contribution < -0.4 is 4.74 Å². The molecule has 2 aromatic rings. The van der Waals surface area contributed by atoms with Gasteiger partial charge in [0.2, 0.25) is 4.73 Å². The molecule has 0 aliphatic carbocycles. The van der Waals surface area contributed by atoms with Gasteiger partial charge in [0.05, 0.1) is 6.54 Å². The van der Waals surface area contributed by atoms with Crippen molar-refractivity contribution in [2.45, 2.75) is 12.9 Å². The van der Waals surface area contributed by atoms with Gasteiger partial charge in [0, 0.05) is 0 Å². The lowest BCUT2D eigenvalue weighted by Gasteiger charge is -2.09. The minimum Gasteiger partial charge on any atom is -0.406 e. The second-order valence-electron chi connectivity index (χ2n) is 3.50. The molecule has 0 spiro atoms. The average molecular weight is 401 g/mol. The van der Waals surface area contributed by atoms with Crippen LogP contribution in [-0.2, 0) is 6.54 Å². The zero-order chi connectivity index (χ0) is 14.0. The van der Waals surface area contributed by atoms with Gasteiger partial charge in [-0.2, -0.15) is 4.98 Å². The van der Waals surface area contributed by atoms with E-state index in [1.807, 2.05) is 0 Å². The third-order valence-corrected chi connectivity index (χ3v) is 3.01. The highest BCUT2D eigenvalue weighted by molar-refractivity contribution is 9.11. The number of ether oxygens (including phenoxy) is 1. The van der Waals surface area contributed by atoms with Gasteiger partial charge in [-0.15, -0.1) is 18.3 Å². The summed E-state index contributed by atoms with van der Waals surface area (Å²) in [6, 6.07) is 5.57. The number of hydrogen-bond donors (Lipinski definition) is 0. The molecule has 4 nitrogen and oxygen atoms in total. The third kappa shape index (κ3) is 4.20. The Kier molecular flexibility index (Phi) is 4.14. The molecule has 0 aliphatic heterocycles. The van der Waals surface area contributed by atoms with Crippen LogP contribution in [0.4, 0.5) is 13.2 Å². The molecule has 0 saturated carbocycles. The summed E-state index contributed by atoms with van der Waals surface area (Å²) < 4.78 is 42.3. The highest BCUT2D eigenvalue weighted by Gasteiger charge is 2.30. The maximum Gasteiger partial charge on any atom is 0.573 e. The fourth-order valence-electron chi connectivity index (χ4n) is 1.37. The molecule has 102 valence electrons. The Balaban J connectivity index is 2.09. The van der Waals surface area contributed by atoms with E-state index in [1.165, 1.54) is 24.3 Å². The highest BCUT2D eigenvalue weighted by atomic mass is 79.9. The molecule has 0 unspecified atom stereocenters. The molecule has 2 rings (SSSR count). The first-order valence-corrected chi connectivity index (χ1v) is 6.52. The van der Waals surface area contributed by atoms with Crippen LogP contribution in [0.3, 0.4) is 0 Å². The summed E-state index contributed by atoms with van der Waals surface area (Å²) in [4.78, 5) is 3.98. The van der Waals surface area contributed by atoms with Crippen LogP contribution in [0.1, 0.15) is 5.56 Å². The fourth-order valence-corrected chi connectivity index (χ4v) is 2.34. The van der Waals surface area contributed by atoms with Gasteiger partial charge in [0.1, 0.15) is 5.75 Å². The van der Waals surface area contributed by atoms with Crippen molar-refractivity contribution in [2.75, 3.05) is 0 Å². The van der Waals surface area contributed by atoms with Crippen LogP contribution in [0.25, 0.3) is 0 Å². The van der Waals surface area contributed by atoms with Crippen LogP contribution >= 0.6 is 31.9 Å². The predicted octanol–water partition coefficient (Wildman–Crippen LogP) is 3.75. The van der Waals surface area contributed by atoms with Crippen molar-refractivity contribution < 1.29 is 17.9 Å². The first-order valence-electron chi connectivity index (χ1n) is 4.94. The molecule has 0 aliphatic rings. The Hall–Kier alpha value is -1.09. The summed E-state index contributed by atoms with van der Waals surface area (Å²) in [5.41, 5.74) is 0.771. The number of halogens is 5. The highest BCUT2D eigenvalue weighted by Crippen LogP contribution is 2.23. The molecule has 0 saturated heterocycles. The van der Waals surface area contributed by atoms with Crippen molar-refractivity contribution in [3.05, 3.63) is 39.3 Å². The fraction of sp³-hybridized carbons (Fsp3) is 0.200. The summed E-state index contributed by atoms with van der Waals surface area (Å²) in [7, 11) is 0. The van der Waals surface area contributed by atoms with Gasteiger partial charge in [0.25, 0.3) is 0 Å². The molecule has 1 aromatic heterocycles. The molecule has 0 bridgehead atoms. The molecule has 0 atom stereocenters. The maximum absolute atomic E-state index is 12.0. The first kappa shape index (κ1) is 14.3. The Morgan fingerprint density at radius 1 is 1.16 bits per heavy atom. The van der Waals surface area contributed by atoms with Crippen LogP contribution in [0.2, 0.25) is 0 Å². The smallest absolute Gasteiger partial charge is 0.406 e. The minimum atomic E-state index is -4.68. The van der Waals surface area contributed by atoms with Crippen molar-refractivity contribution in [1.29, 1.82) is 0 Å². The molecular formula is C10H6Br2F3N3O. The third-order valence-electron chi connectivity index (χ3n) is 2.09. The Bertz CT molecular complexity index is 568. The molecule has 1 heterocycles. The second kappa shape index (κ2) is 5.49. The Morgan fingerprint density at radius 3 is 2.26 bits per heavy atom. The van der Waals surface area contributed by atoms with E-state index in [9.17, 15) is 13.2 Å². The molecule has 0 radical (unpaired) electrons. The van der Waals surface area contributed by atoms with Gasteiger partial charge in [0.15, 0.2) is 4.73 Å². The Labute approximate surface area is 122 Å². The van der Waals surface area contributed by atoms with Gasteiger partial charge in [-0.3, -0.25) is 0 Å². The Morgan fingerprint density at radius 2 is 1.79 bits per heavy atom. The predicted molar refractivity (Wildman–Crippen MR) is 67.6 cm³/mol. The van der Waals surface area contributed by atoms with Crippen LogP contribution in [-0.4, -0.2) is 21.1 Å². The van der Waals surface area contributed by atoms with E-state index in [0.717, 1.165) is 5.56 Å². The number of aromatic nitrogens is 3. The maximum atomic E-state index is 12.0. The van der Waals surface area contributed by atoms with Gasteiger partial charge in [-0.1, -0.05) is 12.1 Å². The lowest BCUT2D eigenvalue weighted by Crippen LogP contribution is -2.17. The summed E-state index contributed by atoms with van der Waals surface area (Å²) in [6.07, 6.45) is -4.68. The van der Waals surface area contributed by atoms with E-state index in [1.54, 1.807) is 4.68 Å². The molecule has 19 heavy (non-hydrogen) atoms. The summed E-state index contributed by atoms with van der Waals surface area (Å²) >= 11 is 6.34. The summed E-state index contributed by atoms with van der Waals surface area (Å²) in [5.74, 6) is -0.255. The van der Waals surface area contributed by atoms with Crippen molar-refractivity contribution in [3.8, 4) is 5.75 Å². The molecule has 9 heteroatoms. The monoisotopic (exact) mass is 399 g/mol. The van der Waals surface area contributed by atoms with E-state index in [2.05, 4.69) is 46.7 Å². The van der Waals surface area contributed by atoms with E-state index < -0.39 is 6.36 Å². The van der Waals surface area contributed by atoms with Crippen molar-refractivity contribution in [1.82, 2.24) is 14.8 Å². The molecule has 0 fully saturated rings. The topological polar surface area (TPSA) is 39.9 Å². The minimum absolute atomic E-state index is 0.255. The largest absolute Gasteiger partial charge is 0.573 e. The van der Waals surface area contributed by atoms with Gasteiger partial charge < -0.3 is 4.74 Å².